The smallest absolute Gasteiger partial charge is 0.183 e. The molecule has 0 saturated heterocycles. The van der Waals surface area contributed by atoms with Crippen LogP contribution in [0.4, 0.5) is 0 Å². The zero-order valence-electron chi connectivity index (χ0n) is 19.3. The summed E-state index contributed by atoms with van der Waals surface area (Å²) in [7, 11) is -0.690. The number of methoxy groups -OCH3 is 2. The number of aromatic nitrogens is 6. The molecular weight excluding hydrogens is 480 g/mol. The van der Waals surface area contributed by atoms with Gasteiger partial charge in [0.05, 0.1) is 22.4 Å². The molecule has 10 nitrogen and oxygen atoms in total. The van der Waals surface area contributed by atoms with Crippen molar-refractivity contribution in [3.8, 4) is 11.5 Å². The highest BCUT2D eigenvalue weighted by atomic mass is 35.5. The molecule has 3 aromatic rings. The van der Waals surface area contributed by atoms with E-state index >= 15 is 0 Å². The Labute approximate surface area is 203 Å². The predicted octanol–water partition coefficient (Wildman–Crippen LogP) is 3.00. The number of hydrogen-bond donors (Lipinski definition) is 0. The second-order valence-corrected chi connectivity index (χ2v) is 11.2. The monoisotopic (exact) mass is 506 g/mol. The fourth-order valence-corrected chi connectivity index (χ4v) is 5.85. The Morgan fingerprint density at radius 2 is 1.88 bits per heavy atom. The molecule has 0 amide bonds. The van der Waals surface area contributed by atoms with Gasteiger partial charge in [0.2, 0.25) is 0 Å². The molecule has 3 aromatic heterocycles. The molecule has 1 aliphatic carbocycles. The van der Waals surface area contributed by atoms with Crippen molar-refractivity contribution in [3.63, 3.8) is 0 Å². The van der Waals surface area contributed by atoms with Crippen molar-refractivity contribution >= 4 is 21.4 Å². The highest BCUT2D eigenvalue weighted by molar-refractivity contribution is 7.91. The molecule has 0 radical (unpaired) electrons. The van der Waals surface area contributed by atoms with Crippen molar-refractivity contribution in [2.75, 3.05) is 20.8 Å². The van der Waals surface area contributed by atoms with Gasteiger partial charge in [-0.25, -0.2) is 18.4 Å². The van der Waals surface area contributed by atoms with Crippen LogP contribution in [-0.2, 0) is 30.6 Å². The third-order valence-corrected chi connectivity index (χ3v) is 8.50. The van der Waals surface area contributed by atoms with Gasteiger partial charge in [0.1, 0.15) is 23.4 Å². The van der Waals surface area contributed by atoms with Gasteiger partial charge in [-0.1, -0.05) is 17.7 Å². The highest BCUT2D eigenvalue weighted by Crippen LogP contribution is 2.43. The van der Waals surface area contributed by atoms with E-state index in [9.17, 15) is 8.42 Å². The SMILES string of the molecule is COCC1(n2c(CS(=O)(=O)[C@@H](C)[C@H](OC)c3ncc(Cl)cn3)nnc2-c2ccccn2)CCC1. The second-order valence-electron chi connectivity index (χ2n) is 8.43. The van der Waals surface area contributed by atoms with Gasteiger partial charge in [0, 0.05) is 32.8 Å². The molecule has 12 heteroatoms. The summed E-state index contributed by atoms with van der Waals surface area (Å²) in [6.07, 6.45) is 6.30. The standard InChI is InChI=1S/C22H27ClN6O4S/c1-15(19(33-3)20-25-11-16(23)12-26-20)34(30,31)13-18-27-28-21(17-7-4-5-10-24-17)29(18)22(14-32-2)8-6-9-22/h4-5,7,10-12,15,19H,6,8-9,13-14H2,1-3H3/t15-,19-/m0/s1. The van der Waals surface area contributed by atoms with Crippen molar-refractivity contribution in [3.05, 3.63) is 53.5 Å². The first-order chi connectivity index (χ1) is 16.3. The maximum atomic E-state index is 13.5. The average molecular weight is 507 g/mol. The molecule has 182 valence electrons. The lowest BCUT2D eigenvalue weighted by atomic mass is 9.76. The first kappa shape index (κ1) is 24.6. The fraction of sp³-hybridized carbons (Fsp3) is 0.500. The maximum Gasteiger partial charge on any atom is 0.183 e. The largest absolute Gasteiger partial charge is 0.382 e. The molecule has 0 spiro atoms. The maximum absolute atomic E-state index is 13.5. The molecule has 0 bridgehead atoms. The number of halogens is 1. The highest BCUT2D eigenvalue weighted by Gasteiger charge is 2.44. The summed E-state index contributed by atoms with van der Waals surface area (Å²) in [5.74, 6) is 0.788. The molecule has 0 aliphatic heterocycles. The molecule has 3 heterocycles. The van der Waals surface area contributed by atoms with Crippen LogP contribution < -0.4 is 0 Å². The molecule has 34 heavy (non-hydrogen) atoms. The Morgan fingerprint density at radius 1 is 1.15 bits per heavy atom. The predicted molar refractivity (Wildman–Crippen MR) is 126 cm³/mol. The van der Waals surface area contributed by atoms with Crippen molar-refractivity contribution < 1.29 is 17.9 Å². The van der Waals surface area contributed by atoms with Crippen LogP contribution in [-0.4, -0.2) is 64.2 Å². The van der Waals surface area contributed by atoms with E-state index < -0.39 is 26.7 Å². The molecule has 4 rings (SSSR count). The topological polar surface area (TPSA) is 122 Å². The van der Waals surface area contributed by atoms with Crippen molar-refractivity contribution in [2.24, 2.45) is 0 Å². The van der Waals surface area contributed by atoms with E-state index in [4.69, 9.17) is 21.1 Å². The van der Waals surface area contributed by atoms with Crippen LogP contribution in [0.5, 0.6) is 0 Å². The van der Waals surface area contributed by atoms with E-state index in [1.165, 1.54) is 19.5 Å². The summed E-state index contributed by atoms with van der Waals surface area (Å²) in [5, 5.41) is 8.07. The summed E-state index contributed by atoms with van der Waals surface area (Å²) < 4.78 is 40.0. The Hall–Kier alpha value is -2.47. The molecule has 0 aromatic carbocycles. The fourth-order valence-electron chi connectivity index (χ4n) is 4.33. The lowest BCUT2D eigenvalue weighted by Gasteiger charge is -2.43. The minimum atomic E-state index is -3.76. The van der Waals surface area contributed by atoms with Gasteiger partial charge in [-0.2, -0.15) is 0 Å². The van der Waals surface area contributed by atoms with Crippen LogP contribution in [0.25, 0.3) is 11.5 Å². The van der Waals surface area contributed by atoms with Gasteiger partial charge in [-0.15, -0.1) is 10.2 Å². The van der Waals surface area contributed by atoms with Crippen LogP contribution >= 0.6 is 11.6 Å². The molecular formula is C22H27ClN6O4S. The first-order valence-corrected chi connectivity index (χ1v) is 13.0. The normalized spacial score (nSPS) is 17.2. The number of hydrogen-bond acceptors (Lipinski definition) is 9. The Morgan fingerprint density at radius 3 is 2.44 bits per heavy atom. The summed E-state index contributed by atoms with van der Waals surface area (Å²) in [6.45, 7) is 2.00. The van der Waals surface area contributed by atoms with E-state index in [1.807, 2.05) is 22.8 Å². The average Bonchev–Trinajstić information content (AvgIpc) is 3.21. The van der Waals surface area contributed by atoms with Crippen molar-refractivity contribution in [1.29, 1.82) is 0 Å². The minimum absolute atomic E-state index is 0.244. The third-order valence-electron chi connectivity index (χ3n) is 6.27. The number of sulfone groups is 1. The number of rotatable bonds is 10. The van der Waals surface area contributed by atoms with Crippen LogP contribution in [0.3, 0.4) is 0 Å². The van der Waals surface area contributed by atoms with Gasteiger partial charge in [-0.05, 0) is 38.3 Å². The van der Waals surface area contributed by atoms with Gasteiger partial charge in [-0.3, -0.25) is 4.98 Å². The van der Waals surface area contributed by atoms with Gasteiger partial charge in [0.25, 0.3) is 0 Å². The van der Waals surface area contributed by atoms with Gasteiger partial charge >= 0.3 is 0 Å². The van der Waals surface area contributed by atoms with Crippen LogP contribution in [0.2, 0.25) is 5.02 Å². The lowest BCUT2D eigenvalue weighted by Crippen LogP contribution is -2.46. The summed E-state index contributed by atoms with van der Waals surface area (Å²) in [6, 6.07) is 5.51. The zero-order valence-corrected chi connectivity index (χ0v) is 20.8. The second kappa shape index (κ2) is 10.0. The molecule has 1 saturated carbocycles. The van der Waals surface area contributed by atoms with Crippen molar-refractivity contribution in [2.45, 2.75) is 48.8 Å². The summed E-state index contributed by atoms with van der Waals surface area (Å²) >= 11 is 5.88. The Bertz CT molecular complexity index is 1220. The lowest BCUT2D eigenvalue weighted by molar-refractivity contribution is 0.0266. The molecule has 1 aliphatic rings. The number of ether oxygens (including phenoxy) is 2. The van der Waals surface area contributed by atoms with E-state index in [2.05, 4.69) is 25.1 Å². The van der Waals surface area contributed by atoms with Gasteiger partial charge < -0.3 is 14.0 Å². The number of pyridine rings is 1. The number of nitrogens with zero attached hydrogens (tertiary/aromatic N) is 6. The van der Waals surface area contributed by atoms with E-state index in [1.54, 1.807) is 20.2 Å². The zero-order chi connectivity index (χ0) is 24.3. The van der Waals surface area contributed by atoms with Crippen LogP contribution in [0.15, 0.2) is 36.8 Å². The van der Waals surface area contributed by atoms with Crippen molar-refractivity contribution in [1.82, 2.24) is 29.7 Å². The molecule has 1 fully saturated rings. The summed E-state index contributed by atoms with van der Waals surface area (Å²) in [5.41, 5.74) is 0.206. The van der Waals surface area contributed by atoms with E-state index in [0.29, 0.717) is 29.0 Å². The minimum Gasteiger partial charge on any atom is -0.382 e. The molecule has 2 atom stereocenters. The first-order valence-electron chi connectivity index (χ1n) is 10.9. The van der Waals surface area contributed by atoms with Crippen LogP contribution in [0, 0.1) is 0 Å². The summed E-state index contributed by atoms with van der Waals surface area (Å²) in [4.78, 5) is 12.7. The van der Waals surface area contributed by atoms with E-state index in [0.717, 1.165) is 19.3 Å². The van der Waals surface area contributed by atoms with Gasteiger partial charge in [0.15, 0.2) is 21.5 Å². The Balaban J connectivity index is 1.71. The van der Waals surface area contributed by atoms with E-state index in [-0.39, 0.29) is 11.6 Å². The third kappa shape index (κ3) is 4.70. The Kier molecular flexibility index (Phi) is 7.27. The quantitative estimate of drug-likeness (QED) is 0.408. The molecule has 0 N–H and O–H groups in total. The molecule has 0 unspecified atom stereocenters. The van der Waals surface area contributed by atoms with Crippen LogP contribution in [0.1, 0.15) is 43.9 Å².